The largest absolute Gasteiger partial charge is 0.481 e. The molecule has 2 unspecified atom stereocenters. The van der Waals surface area contributed by atoms with Crippen molar-refractivity contribution >= 4 is 11.9 Å². The average molecular weight is 276 g/mol. The number of aryl methyl sites for hydroxylation is 2. The van der Waals surface area contributed by atoms with Crippen molar-refractivity contribution in [2.45, 2.75) is 39.7 Å². The zero-order valence-electron chi connectivity index (χ0n) is 12.1. The monoisotopic (exact) mass is 276 g/mol. The summed E-state index contributed by atoms with van der Waals surface area (Å²) in [5.41, 5.74) is 2.22. The molecule has 1 aromatic rings. The van der Waals surface area contributed by atoms with Gasteiger partial charge in [0.25, 0.3) is 5.91 Å². The predicted molar refractivity (Wildman–Crippen MR) is 74.6 cm³/mol. The van der Waals surface area contributed by atoms with Gasteiger partial charge in [-0.15, -0.1) is 0 Å². The molecule has 1 fully saturated rings. The Bertz CT molecular complexity index is 542. The van der Waals surface area contributed by atoms with Crippen LogP contribution in [-0.4, -0.2) is 39.5 Å². The highest BCUT2D eigenvalue weighted by Crippen LogP contribution is 2.25. The van der Waals surface area contributed by atoms with Crippen LogP contribution in [0.15, 0.2) is 12.1 Å². The van der Waals surface area contributed by atoms with E-state index in [1.54, 1.807) is 11.0 Å². The van der Waals surface area contributed by atoms with E-state index in [0.717, 1.165) is 11.4 Å². The highest BCUT2D eigenvalue weighted by molar-refractivity contribution is 5.95. The van der Waals surface area contributed by atoms with Gasteiger partial charge in [0.05, 0.1) is 17.2 Å². The van der Waals surface area contributed by atoms with Gasteiger partial charge in [-0.1, -0.05) is 0 Å². The van der Waals surface area contributed by atoms with Crippen molar-refractivity contribution in [3.05, 3.63) is 29.1 Å². The Hall–Kier alpha value is -1.91. The molecule has 2 atom stereocenters. The van der Waals surface area contributed by atoms with Crippen molar-refractivity contribution < 1.29 is 14.7 Å². The number of hydrogen-bond acceptors (Lipinski definition) is 3. The van der Waals surface area contributed by atoms with E-state index in [9.17, 15) is 9.59 Å². The smallest absolute Gasteiger partial charge is 0.306 e. The molecule has 5 heteroatoms. The molecule has 1 aromatic heterocycles. The highest BCUT2D eigenvalue weighted by atomic mass is 16.4. The number of amides is 1. The lowest BCUT2D eigenvalue weighted by molar-refractivity contribution is -0.143. The van der Waals surface area contributed by atoms with Gasteiger partial charge in [-0.3, -0.25) is 14.6 Å². The van der Waals surface area contributed by atoms with E-state index in [1.807, 2.05) is 26.8 Å². The third-order valence-corrected chi connectivity index (χ3v) is 3.94. The molecule has 5 nitrogen and oxygen atoms in total. The van der Waals surface area contributed by atoms with E-state index in [-0.39, 0.29) is 17.9 Å². The SMILES string of the molecule is Cc1ccc(C(=O)N2CCC(C(=O)O)CC2C)c(C)n1. The maximum absolute atomic E-state index is 12.6. The fraction of sp³-hybridized carbons (Fsp3) is 0.533. The third-order valence-electron chi connectivity index (χ3n) is 3.94. The summed E-state index contributed by atoms with van der Waals surface area (Å²) in [5.74, 6) is -1.16. The number of hydrogen-bond donors (Lipinski definition) is 1. The lowest BCUT2D eigenvalue weighted by Gasteiger charge is -2.36. The van der Waals surface area contributed by atoms with Gasteiger partial charge < -0.3 is 10.0 Å². The molecule has 0 spiro atoms. The summed E-state index contributed by atoms with van der Waals surface area (Å²) < 4.78 is 0. The second-order valence-electron chi connectivity index (χ2n) is 5.49. The first-order chi connectivity index (χ1) is 9.40. The van der Waals surface area contributed by atoms with Gasteiger partial charge in [-0.25, -0.2) is 0 Å². The van der Waals surface area contributed by atoms with Gasteiger partial charge >= 0.3 is 5.97 Å². The van der Waals surface area contributed by atoms with Crippen LogP contribution in [0.2, 0.25) is 0 Å². The van der Waals surface area contributed by atoms with Crippen LogP contribution < -0.4 is 0 Å². The second-order valence-corrected chi connectivity index (χ2v) is 5.49. The fourth-order valence-electron chi connectivity index (χ4n) is 2.77. The Morgan fingerprint density at radius 1 is 1.35 bits per heavy atom. The molecular formula is C15H20N2O3. The molecule has 1 aliphatic rings. The first kappa shape index (κ1) is 14.5. The number of rotatable bonds is 2. The lowest BCUT2D eigenvalue weighted by Crippen LogP contribution is -2.46. The van der Waals surface area contributed by atoms with Crippen LogP contribution in [-0.2, 0) is 4.79 Å². The number of aromatic nitrogens is 1. The van der Waals surface area contributed by atoms with Gasteiger partial charge in [-0.2, -0.15) is 0 Å². The van der Waals surface area contributed by atoms with Gasteiger partial charge in [0.15, 0.2) is 0 Å². The molecule has 2 rings (SSSR count). The van der Waals surface area contributed by atoms with E-state index < -0.39 is 5.97 Å². The molecule has 108 valence electrons. The Balaban J connectivity index is 2.16. The number of carbonyl (C=O) groups excluding carboxylic acids is 1. The minimum Gasteiger partial charge on any atom is -0.481 e. The van der Waals surface area contributed by atoms with Crippen LogP contribution in [0, 0.1) is 19.8 Å². The molecule has 2 heterocycles. The summed E-state index contributed by atoms with van der Waals surface area (Å²) in [6, 6.07) is 3.57. The van der Waals surface area contributed by atoms with Gasteiger partial charge in [0, 0.05) is 18.3 Å². The minimum absolute atomic E-state index is 0.0497. The second kappa shape index (κ2) is 5.61. The Morgan fingerprint density at radius 2 is 2.05 bits per heavy atom. The summed E-state index contributed by atoms with van der Waals surface area (Å²) in [5, 5.41) is 9.06. The molecule has 0 bridgehead atoms. The molecule has 1 amide bonds. The van der Waals surface area contributed by atoms with Crippen molar-refractivity contribution in [3.63, 3.8) is 0 Å². The molecule has 0 saturated carbocycles. The van der Waals surface area contributed by atoms with Crippen molar-refractivity contribution in [3.8, 4) is 0 Å². The van der Waals surface area contributed by atoms with Crippen molar-refractivity contribution in [1.29, 1.82) is 0 Å². The number of carbonyl (C=O) groups is 2. The first-order valence-electron chi connectivity index (χ1n) is 6.88. The number of aliphatic carboxylic acids is 1. The van der Waals surface area contributed by atoms with E-state index in [1.165, 1.54) is 0 Å². The summed E-state index contributed by atoms with van der Waals surface area (Å²) in [7, 11) is 0. The Kier molecular flexibility index (Phi) is 4.06. The van der Waals surface area contributed by atoms with Crippen molar-refractivity contribution in [2.24, 2.45) is 5.92 Å². The number of pyridine rings is 1. The molecule has 0 radical (unpaired) electrons. The predicted octanol–water partition coefficient (Wildman–Crippen LogP) is 2.02. The topological polar surface area (TPSA) is 70.5 Å². The van der Waals surface area contributed by atoms with Gasteiger partial charge in [0.2, 0.25) is 0 Å². The molecule has 1 aliphatic heterocycles. The summed E-state index contributed by atoms with van der Waals surface area (Å²) in [4.78, 5) is 29.7. The molecular weight excluding hydrogens is 256 g/mol. The maximum Gasteiger partial charge on any atom is 0.306 e. The Morgan fingerprint density at radius 3 is 2.60 bits per heavy atom. The number of likely N-dealkylation sites (tertiary alicyclic amines) is 1. The minimum atomic E-state index is -0.767. The molecule has 0 aliphatic carbocycles. The quantitative estimate of drug-likeness (QED) is 0.897. The van der Waals surface area contributed by atoms with Crippen LogP contribution in [0.1, 0.15) is 41.5 Å². The number of carboxylic acid groups (broad SMARTS) is 1. The first-order valence-corrected chi connectivity index (χ1v) is 6.88. The normalized spacial score (nSPS) is 22.6. The molecule has 1 saturated heterocycles. The zero-order valence-corrected chi connectivity index (χ0v) is 12.1. The third kappa shape index (κ3) is 2.81. The van der Waals surface area contributed by atoms with Gasteiger partial charge in [0.1, 0.15) is 0 Å². The lowest BCUT2D eigenvalue weighted by atomic mass is 9.91. The van der Waals surface area contributed by atoms with Gasteiger partial charge in [-0.05, 0) is 45.7 Å². The average Bonchev–Trinajstić information content (AvgIpc) is 2.37. The van der Waals surface area contributed by atoms with Crippen LogP contribution in [0.25, 0.3) is 0 Å². The standard InChI is InChI=1S/C15H20N2O3/c1-9-4-5-13(11(3)16-9)14(18)17-7-6-12(15(19)20)8-10(17)2/h4-5,10,12H,6-8H2,1-3H3,(H,19,20). The van der Waals surface area contributed by atoms with E-state index in [4.69, 9.17) is 5.11 Å². The van der Waals surface area contributed by atoms with Crippen molar-refractivity contribution in [1.82, 2.24) is 9.88 Å². The molecule has 20 heavy (non-hydrogen) atoms. The van der Waals surface area contributed by atoms with Crippen LogP contribution in [0.3, 0.4) is 0 Å². The fourth-order valence-corrected chi connectivity index (χ4v) is 2.77. The van der Waals surface area contributed by atoms with Crippen LogP contribution in [0.5, 0.6) is 0 Å². The van der Waals surface area contributed by atoms with Crippen LogP contribution >= 0.6 is 0 Å². The summed E-state index contributed by atoms with van der Waals surface area (Å²) in [6.45, 7) is 6.12. The van der Waals surface area contributed by atoms with Crippen LogP contribution in [0.4, 0.5) is 0 Å². The van der Waals surface area contributed by atoms with E-state index in [0.29, 0.717) is 24.9 Å². The zero-order chi connectivity index (χ0) is 14.9. The van der Waals surface area contributed by atoms with E-state index >= 15 is 0 Å². The highest BCUT2D eigenvalue weighted by Gasteiger charge is 2.33. The molecule has 1 N–H and O–H groups in total. The summed E-state index contributed by atoms with van der Waals surface area (Å²) >= 11 is 0. The molecule has 0 aromatic carbocycles. The summed E-state index contributed by atoms with van der Waals surface area (Å²) in [6.07, 6.45) is 1.03. The number of carboxylic acids is 1. The Labute approximate surface area is 118 Å². The van der Waals surface area contributed by atoms with Crippen molar-refractivity contribution in [2.75, 3.05) is 6.54 Å². The maximum atomic E-state index is 12.6. The number of piperidine rings is 1. The van der Waals surface area contributed by atoms with E-state index in [2.05, 4.69) is 4.98 Å². The number of nitrogens with zero attached hydrogens (tertiary/aromatic N) is 2.